The minimum absolute atomic E-state index is 0.112. The van der Waals surface area contributed by atoms with Crippen LogP contribution in [0.1, 0.15) is 58.3 Å². The Morgan fingerprint density at radius 1 is 0.938 bits per heavy atom. The minimum atomic E-state index is -0.421. The fourth-order valence-corrected chi connectivity index (χ4v) is 4.19. The van der Waals surface area contributed by atoms with Crippen molar-refractivity contribution in [3.63, 3.8) is 0 Å². The van der Waals surface area contributed by atoms with Crippen LogP contribution in [0.4, 0.5) is 10.5 Å². The molecule has 0 bridgehead atoms. The molecule has 32 heavy (non-hydrogen) atoms. The van der Waals surface area contributed by atoms with Gasteiger partial charge in [0.2, 0.25) is 0 Å². The number of carbonyl (C=O) groups excluding carboxylic acids is 2. The molecular weight excluding hydrogens is 400 g/mol. The third kappa shape index (κ3) is 7.79. The van der Waals surface area contributed by atoms with Gasteiger partial charge in [-0.25, -0.2) is 4.79 Å². The molecule has 1 aliphatic heterocycles. The Morgan fingerprint density at radius 3 is 2.38 bits per heavy atom. The summed E-state index contributed by atoms with van der Waals surface area (Å²) >= 11 is 0. The Morgan fingerprint density at radius 2 is 1.62 bits per heavy atom. The Hall–Kier alpha value is -2.66. The number of ketones is 1. The summed E-state index contributed by atoms with van der Waals surface area (Å²) in [6.07, 6.45) is 7.54. The number of hydrogen-bond acceptors (Lipinski definition) is 4. The number of ether oxygens (including phenoxy) is 1. The van der Waals surface area contributed by atoms with Crippen LogP contribution in [-0.2, 0) is 9.53 Å². The molecule has 0 radical (unpaired) electrons. The fraction of sp³-hybridized carbons (Fsp3) is 0.481. The molecule has 1 fully saturated rings. The topological polar surface area (TPSA) is 58.6 Å². The maximum absolute atomic E-state index is 12.5. The van der Waals surface area contributed by atoms with Crippen LogP contribution < -0.4 is 5.32 Å². The lowest BCUT2D eigenvalue weighted by molar-refractivity contribution is -0.120. The van der Waals surface area contributed by atoms with E-state index >= 15 is 0 Å². The van der Waals surface area contributed by atoms with Gasteiger partial charge >= 0.3 is 6.09 Å². The van der Waals surface area contributed by atoms with E-state index in [2.05, 4.69) is 17.1 Å². The predicted octanol–water partition coefficient (Wildman–Crippen LogP) is 6.30. The first kappa shape index (κ1) is 24.0. The monoisotopic (exact) mass is 436 g/mol. The number of unbranched alkanes of at least 4 members (excludes halogenated alkanes) is 4. The van der Waals surface area contributed by atoms with Crippen LogP contribution in [-0.4, -0.2) is 42.5 Å². The molecule has 5 nitrogen and oxygen atoms in total. The van der Waals surface area contributed by atoms with Gasteiger partial charge in [-0.05, 0) is 30.9 Å². The standard InChI is InChI=1S/C27H36N2O3/c1-2-3-4-5-9-14-23(30)21-29-19-17-24(18-20-29)32-27(31)28-26-16-11-10-15-25(26)22-12-7-6-8-13-22/h6-8,10-13,15-16,24H,2-5,9,14,17-21H2,1H3,(H,28,31). The van der Waals surface area contributed by atoms with Crippen LogP contribution in [0.25, 0.3) is 11.1 Å². The van der Waals surface area contributed by atoms with Gasteiger partial charge in [0.25, 0.3) is 0 Å². The van der Waals surface area contributed by atoms with E-state index in [4.69, 9.17) is 4.74 Å². The molecule has 1 saturated heterocycles. The number of nitrogens with zero attached hydrogens (tertiary/aromatic N) is 1. The zero-order valence-electron chi connectivity index (χ0n) is 19.2. The Labute approximate surface area is 192 Å². The van der Waals surface area contributed by atoms with Crippen LogP contribution in [0, 0.1) is 0 Å². The summed E-state index contributed by atoms with van der Waals surface area (Å²) in [6.45, 7) is 4.31. The number of para-hydroxylation sites is 1. The van der Waals surface area contributed by atoms with Gasteiger partial charge in [-0.1, -0.05) is 81.1 Å². The SMILES string of the molecule is CCCCCCCC(=O)CN1CCC(OC(=O)Nc2ccccc2-c2ccccc2)CC1. The Bertz CT molecular complexity index is 845. The molecular formula is C27H36N2O3. The molecule has 0 saturated carbocycles. The van der Waals surface area contributed by atoms with E-state index in [9.17, 15) is 9.59 Å². The van der Waals surface area contributed by atoms with Crippen molar-refractivity contribution < 1.29 is 14.3 Å². The van der Waals surface area contributed by atoms with Crippen LogP contribution in [0.2, 0.25) is 0 Å². The van der Waals surface area contributed by atoms with Crippen molar-refractivity contribution in [1.29, 1.82) is 0 Å². The molecule has 2 aromatic carbocycles. The number of piperidine rings is 1. The number of benzene rings is 2. The van der Waals surface area contributed by atoms with Crippen molar-refractivity contribution in [3.05, 3.63) is 54.6 Å². The first-order valence-electron chi connectivity index (χ1n) is 12.0. The second kappa shape index (κ2) is 13.0. The summed E-state index contributed by atoms with van der Waals surface area (Å²) in [5.74, 6) is 0.330. The van der Waals surface area contributed by atoms with Gasteiger partial charge in [0.15, 0.2) is 0 Å². The summed E-state index contributed by atoms with van der Waals surface area (Å²) in [5.41, 5.74) is 2.76. The number of rotatable bonds is 11. The van der Waals surface area contributed by atoms with Gasteiger partial charge in [0.1, 0.15) is 11.9 Å². The van der Waals surface area contributed by atoms with Gasteiger partial charge in [0, 0.05) is 25.1 Å². The summed E-state index contributed by atoms with van der Waals surface area (Å²) in [6, 6.07) is 17.7. The molecule has 0 spiro atoms. The minimum Gasteiger partial charge on any atom is -0.446 e. The molecule has 1 heterocycles. The van der Waals surface area contributed by atoms with Crippen LogP contribution in [0.15, 0.2) is 54.6 Å². The number of amides is 1. The lowest BCUT2D eigenvalue weighted by Gasteiger charge is -2.31. The highest BCUT2D eigenvalue weighted by Crippen LogP contribution is 2.28. The lowest BCUT2D eigenvalue weighted by Crippen LogP contribution is -2.40. The number of anilines is 1. The first-order valence-corrected chi connectivity index (χ1v) is 12.0. The molecule has 5 heteroatoms. The predicted molar refractivity (Wildman–Crippen MR) is 130 cm³/mol. The van der Waals surface area contributed by atoms with E-state index in [1.54, 1.807) is 0 Å². The van der Waals surface area contributed by atoms with E-state index in [0.717, 1.165) is 55.6 Å². The van der Waals surface area contributed by atoms with Crippen molar-refractivity contribution in [3.8, 4) is 11.1 Å². The van der Waals surface area contributed by atoms with Gasteiger partial charge in [-0.3, -0.25) is 15.0 Å². The molecule has 0 aliphatic carbocycles. The van der Waals surface area contributed by atoms with E-state index in [1.807, 2.05) is 54.6 Å². The van der Waals surface area contributed by atoms with Gasteiger partial charge < -0.3 is 4.74 Å². The number of carbonyl (C=O) groups is 2. The molecule has 1 amide bonds. The van der Waals surface area contributed by atoms with E-state index in [0.29, 0.717) is 18.7 Å². The second-order valence-electron chi connectivity index (χ2n) is 8.62. The zero-order valence-corrected chi connectivity index (χ0v) is 19.2. The van der Waals surface area contributed by atoms with Crippen LogP contribution >= 0.6 is 0 Å². The molecule has 3 rings (SSSR count). The fourth-order valence-electron chi connectivity index (χ4n) is 4.19. The normalized spacial score (nSPS) is 14.8. The van der Waals surface area contributed by atoms with Crippen molar-refractivity contribution in [1.82, 2.24) is 4.90 Å². The van der Waals surface area contributed by atoms with Crippen molar-refractivity contribution in [2.75, 3.05) is 25.0 Å². The second-order valence-corrected chi connectivity index (χ2v) is 8.62. The molecule has 0 aromatic heterocycles. The van der Waals surface area contributed by atoms with E-state index in [-0.39, 0.29) is 6.10 Å². The third-order valence-corrected chi connectivity index (χ3v) is 6.02. The average Bonchev–Trinajstić information content (AvgIpc) is 2.81. The van der Waals surface area contributed by atoms with Gasteiger partial charge in [-0.2, -0.15) is 0 Å². The van der Waals surface area contributed by atoms with Gasteiger partial charge in [-0.15, -0.1) is 0 Å². The van der Waals surface area contributed by atoms with Crippen molar-refractivity contribution >= 4 is 17.6 Å². The van der Waals surface area contributed by atoms with E-state index < -0.39 is 6.09 Å². The highest BCUT2D eigenvalue weighted by atomic mass is 16.6. The molecule has 1 aliphatic rings. The molecule has 2 aromatic rings. The Kier molecular flexibility index (Phi) is 9.76. The van der Waals surface area contributed by atoms with Crippen molar-refractivity contribution in [2.45, 2.75) is 64.4 Å². The van der Waals surface area contributed by atoms with Crippen LogP contribution in [0.3, 0.4) is 0 Å². The summed E-state index contributed by atoms with van der Waals surface area (Å²) in [5, 5.41) is 2.91. The van der Waals surface area contributed by atoms with Gasteiger partial charge in [0.05, 0.1) is 12.2 Å². The third-order valence-electron chi connectivity index (χ3n) is 6.02. The lowest BCUT2D eigenvalue weighted by atomic mass is 10.0. The Balaban J connectivity index is 1.40. The largest absolute Gasteiger partial charge is 0.446 e. The molecule has 0 atom stereocenters. The summed E-state index contributed by atoms with van der Waals surface area (Å²) in [7, 11) is 0. The zero-order chi connectivity index (χ0) is 22.6. The molecule has 172 valence electrons. The molecule has 1 N–H and O–H groups in total. The quantitative estimate of drug-likeness (QED) is 0.420. The summed E-state index contributed by atoms with van der Waals surface area (Å²) in [4.78, 5) is 26.9. The number of likely N-dealkylation sites (tertiary alicyclic amines) is 1. The number of Topliss-reactive ketones (excluding diaryl/α,β-unsaturated/α-hetero) is 1. The van der Waals surface area contributed by atoms with E-state index in [1.165, 1.54) is 19.3 Å². The smallest absolute Gasteiger partial charge is 0.411 e. The van der Waals surface area contributed by atoms with Crippen LogP contribution in [0.5, 0.6) is 0 Å². The summed E-state index contributed by atoms with van der Waals surface area (Å²) < 4.78 is 5.68. The number of hydrogen-bond donors (Lipinski definition) is 1. The highest BCUT2D eigenvalue weighted by molar-refractivity contribution is 5.91. The number of nitrogens with one attached hydrogen (secondary N) is 1. The average molecular weight is 437 g/mol. The first-order chi connectivity index (χ1) is 15.7. The molecule has 0 unspecified atom stereocenters. The maximum atomic E-state index is 12.5. The highest BCUT2D eigenvalue weighted by Gasteiger charge is 2.23. The van der Waals surface area contributed by atoms with Crippen molar-refractivity contribution in [2.24, 2.45) is 0 Å². The maximum Gasteiger partial charge on any atom is 0.411 e.